The molecule has 0 aliphatic rings. The normalized spacial score (nSPS) is 14.8. The van der Waals surface area contributed by atoms with Crippen LogP contribution in [0.5, 0.6) is 0 Å². The lowest BCUT2D eigenvalue weighted by atomic mass is 10.1. The van der Waals surface area contributed by atoms with Crippen molar-refractivity contribution in [3.05, 3.63) is 0 Å². The first kappa shape index (κ1) is 13.0. The number of nitrogens with one attached hydrogen (secondary N) is 3. The molecule has 0 amide bonds. The summed E-state index contributed by atoms with van der Waals surface area (Å²) in [5, 5.41) is 17.5. The van der Waals surface area contributed by atoms with Crippen molar-refractivity contribution in [2.45, 2.75) is 25.8 Å². The average molecular weight is 205 g/mol. The van der Waals surface area contributed by atoms with Gasteiger partial charge in [-0.15, -0.1) is 4.48 Å². The van der Waals surface area contributed by atoms with Crippen LogP contribution in [-0.2, 0) is 4.79 Å². The van der Waals surface area contributed by atoms with Crippen molar-refractivity contribution in [2.75, 3.05) is 13.6 Å². The molecule has 6 heteroatoms. The molecule has 0 spiro atoms. The molecule has 0 rings (SSSR count). The summed E-state index contributed by atoms with van der Waals surface area (Å²) in [5.41, 5.74) is 1.18. The molecule has 0 saturated carbocycles. The molecule has 0 radical (unpaired) electrons. The third-order valence-corrected chi connectivity index (χ3v) is 2.10. The second kappa shape index (κ2) is 6.44. The van der Waals surface area contributed by atoms with Gasteiger partial charge in [0.1, 0.15) is 0 Å². The van der Waals surface area contributed by atoms with E-state index in [9.17, 15) is 14.4 Å². The quantitative estimate of drug-likeness (QED) is 0.263. The van der Waals surface area contributed by atoms with E-state index in [1.54, 1.807) is 14.0 Å². The molecule has 14 heavy (non-hydrogen) atoms. The van der Waals surface area contributed by atoms with Gasteiger partial charge in [-0.2, -0.15) is 5.54 Å². The Morgan fingerprint density at radius 3 is 2.64 bits per heavy atom. The number of rotatable bonds is 6. The van der Waals surface area contributed by atoms with Crippen molar-refractivity contribution < 1.29 is 19.3 Å². The van der Waals surface area contributed by atoms with Crippen LogP contribution in [0, 0.1) is 5.41 Å². The van der Waals surface area contributed by atoms with Crippen LogP contribution in [0.4, 0.5) is 4.48 Å². The van der Waals surface area contributed by atoms with E-state index in [4.69, 9.17) is 5.41 Å². The Bertz CT molecular complexity index is 211. The topological polar surface area (TPSA) is 80.5 Å². The summed E-state index contributed by atoms with van der Waals surface area (Å²) in [7, 11) is 1.80. The number of amidine groups is 1. The molecule has 0 fully saturated rings. The highest BCUT2D eigenvalue weighted by Gasteiger charge is 2.11. The highest BCUT2D eigenvalue weighted by atomic mass is 19.2. The molecule has 0 bridgehead atoms. The van der Waals surface area contributed by atoms with E-state index in [1.165, 1.54) is 5.54 Å². The Kier molecular flexibility index (Phi) is 5.98. The van der Waals surface area contributed by atoms with Crippen LogP contribution < -0.4 is 15.5 Å². The van der Waals surface area contributed by atoms with Crippen LogP contribution in [0.15, 0.2) is 0 Å². The Balaban J connectivity index is 3.71. The van der Waals surface area contributed by atoms with Crippen molar-refractivity contribution in [2.24, 2.45) is 0 Å². The largest absolute Gasteiger partial charge is 0.548 e. The van der Waals surface area contributed by atoms with Gasteiger partial charge in [0.05, 0.1) is 25.6 Å². The fourth-order valence-electron chi connectivity index (χ4n) is 0.976. The Morgan fingerprint density at radius 2 is 2.29 bits per heavy atom. The molecule has 3 N–H and O–H groups in total. The van der Waals surface area contributed by atoms with E-state index in [-0.39, 0.29) is 6.42 Å². The second-order valence-corrected chi connectivity index (χ2v) is 3.28. The van der Waals surface area contributed by atoms with Gasteiger partial charge in [-0.25, -0.2) is 0 Å². The molecule has 0 aliphatic heterocycles. The zero-order chi connectivity index (χ0) is 11.1. The zero-order valence-corrected chi connectivity index (χ0v) is 8.39. The summed E-state index contributed by atoms with van der Waals surface area (Å²) in [6.45, 7) is 2.28. The first-order valence-electron chi connectivity index (χ1n) is 4.44. The molecule has 0 saturated heterocycles. The van der Waals surface area contributed by atoms with Gasteiger partial charge in [-0.1, -0.05) is 0 Å². The first-order valence-corrected chi connectivity index (χ1v) is 4.44. The summed E-state index contributed by atoms with van der Waals surface area (Å²) in [6.07, 6.45) is 0.696. The number of carboxylic acid groups (broad SMARTS) is 1. The van der Waals surface area contributed by atoms with Crippen molar-refractivity contribution in [3.8, 4) is 0 Å². The van der Waals surface area contributed by atoms with Crippen LogP contribution in [0.3, 0.4) is 0 Å². The van der Waals surface area contributed by atoms with Gasteiger partial charge < -0.3 is 9.90 Å². The predicted molar refractivity (Wildman–Crippen MR) is 47.4 cm³/mol. The Morgan fingerprint density at radius 1 is 1.71 bits per heavy atom. The highest BCUT2D eigenvalue weighted by molar-refractivity contribution is 5.70. The van der Waals surface area contributed by atoms with Crippen LogP contribution in [0.1, 0.15) is 19.8 Å². The summed E-state index contributed by atoms with van der Waals surface area (Å²) < 4.78 is 11.9. The van der Waals surface area contributed by atoms with Crippen LogP contribution in [-0.4, -0.2) is 31.4 Å². The van der Waals surface area contributed by atoms with Crippen LogP contribution >= 0.6 is 0 Å². The van der Waals surface area contributed by atoms with E-state index < -0.39 is 12.0 Å². The summed E-state index contributed by atoms with van der Waals surface area (Å²) in [6, 6.07) is -1.24. The maximum atomic E-state index is 11.9. The van der Waals surface area contributed by atoms with E-state index in [1.807, 2.05) is 0 Å². The van der Waals surface area contributed by atoms with Crippen molar-refractivity contribution in [3.63, 3.8) is 0 Å². The number of halogens is 1. The molecule has 0 aromatic carbocycles. The standard InChI is InChI=1S/C8H16FN3O2/c1-6(10)12(2)5-3-4-7(11-9)8(13)14/h7,10-11H,3-5H2,1-2H3,(H,13,14). The lowest BCUT2D eigenvalue weighted by molar-refractivity contribution is -0.784. The van der Waals surface area contributed by atoms with Crippen LogP contribution in [0.25, 0.3) is 0 Å². The smallest absolute Gasteiger partial charge is 0.190 e. The number of quaternary nitrogens is 1. The minimum atomic E-state index is -1.43. The first-order chi connectivity index (χ1) is 6.49. The summed E-state index contributed by atoms with van der Waals surface area (Å²) in [4.78, 5) is 11.2. The molecule has 0 aliphatic carbocycles. The zero-order valence-electron chi connectivity index (χ0n) is 8.39. The van der Waals surface area contributed by atoms with Crippen molar-refractivity contribution in [1.82, 2.24) is 5.54 Å². The maximum Gasteiger partial charge on any atom is 0.190 e. The second-order valence-electron chi connectivity index (χ2n) is 3.28. The number of carboxylic acids is 1. The number of carbonyl (C=O) groups excluding carboxylic acids is 1. The highest BCUT2D eigenvalue weighted by Crippen LogP contribution is 1.94. The van der Waals surface area contributed by atoms with Gasteiger partial charge >= 0.3 is 0 Å². The van der Waals surface area contributed by atoms with Gasteiger partial charge in [0.2, 0.25) is 0 Å². The molecule has 0 heterocycles. The molecular formula is C8H16FN3O2. The lowest BCUT2D eigenvalue weighted by Gasteiger charge is -2.16. The lowest BCUT2D eigenvalue weighted by Crippen LogP contribution is -3.11. The van der Waals surface area contributed by atoms with E-state index in [0.717, 1.165) is 4.90 Å². The fourth-order valence-corrected chi connectivity index (χ4v) is 0.976. The van der Waals surface area contributed by atoms with Gasteiger partial charge in [0.25, 0.3) is 0 Å². The Labute approximate surface area is 82.3 Å². The third kappa shape index (κ3) is 4.88. The van der Waals surface area contributed by atoms with Gasteiger partial charge in [0.15, 0.2) is 5.84 Å². The SMILES string of the molecule is CC(=N)[NH+](C)CCCC(NF)C(=O)[O-]. The van der Waals surface area contributed by atoms with Crippen molar-refractivity contribution >= 4 is 11.8 Å². The molecule has 2 atom stereocenters. The predicted octanol–water partition coefficient (Wildman–Crippen LogP) is -2.13. The number of carbonyl (C=O) groups is 1. The molecule has 5 nitrogen and oxygen atoms in total. The van der Waals surface area contributed by atoms with Crippen molar-refractivity contribution in [1.29, 1.82) is 5.41 Å². The average Bonchev–Trinajstić information content (AvgIpc) is 2.11. The number of hydrogen-bond donors (Lipinski definition) is 3. The summed E-state index contributed by atoms with van der Waals surface area (Å²) in [5.74, 6) is -0.958. The molecule has 0 aromatic heterocycles. The fraction of sp³-hybridized carbons (Fsp3) is 0.750. The van der Waals surface area contributed by atoms with E-state index in [2.05, 4.69) is 0 Å². The Hall–Kier alpha value is -1.01. The molecule has 0 aromatic rings. The van der Waals surface area contributed by atoms with Crippen LogP contribution in [0.2, 0.25) is 0 Å². The number of hydrogen-bond acceptors (Lipinski definition) is 4. The molecule has 82 valence electrons. The van der Waals surface area contributed by atoms with Gasteiger partial charge in [0, 0.05) is 6.92 Å². The molecular weight excluding hydrogens is 189 g/mol. The number of aliphatic carboxylic acids is 1. The van der Waals surface area contributed by atoms with Gasteiger partial charge in [-0.3, -0.25) is 10.3 Å². The minimum Gasteiger partial charge on any atom is -0.548 e. The summed E-state index contributed by atoms with van der Waals surface area (Å²) >= 11 is 0. The van der Waals surface area contributed by atoms with E-state index >= 15 is 0 Å². The minimum absolute atomic E-state index is 0.170. The maximum absolute atomic E-state index is 11.9. The third-order valence-electron chi connectivity index (χ3n) is 2.10. The molecule has 2 unspecified atom stereocenters. The monoisotopic (exact) mass is 205 g/mol. The van der Waals surface area contributed by atoms with E-state index in [0.29, 0.717) is 18.8 Å². The van der Waals surface area contributed by atoms with Gasteiger partial charge in [-0.05, 0) is 12.8 Å².